The number of unbranched alkanes of at least 4 members (excludes halogenated alkanes) is 1. The number of allylic oxidation sites excluding steroid dienone is 2. The third kappa shape index (κ3) is 16.7. The van der Waals surface area contributed by atoms with Crippen LogP contribution in [0.2, 0.25) is 0 Å². The highest BCUT2D eigenvalue weighted by atomic mass is 31.2. The van der Waals surface area contributed by atoms with E-state index in [1.165, 1.54) is 0 Å². The fraction of sp³-hybridized carbons (Fsp3) is 0.643. The summed E-state index contributed by atoms with van der Waals surface area (Å²) >= 11 is 0. The van der Waals surface area contributed by atoms with Crippen molar-refractivity contribution in [2.75, 3.05) is 6.54 Å². The molecule has 1 aromatic rings. The van der Waals surface area contributed by atoms with Gasteiger partial charge in [-0.05, 0) is 99.1 Å². The predicted molar refractivity (Wildman–Crippen MR) is 218 cm³/mol. The first-order valence-electron chi connectivity index (χ1n) is 19.5. The minimum Gasteiger partial charge on any atom is -0.460 e. The Kier molecular flexibility index (Phi) is 17.8. The van der Waals surface area contributed by atoms with Crippen LogP contribution in [0.1, 0.15) is 137 Å². The number of esters is 1. The van der Waals surface area contributed by atoms with Crippen molar-refractivity contribution in [1.29, 1.82) is 0 Å². The lowest BCUT2D eigenvalue weighted by Gasteiger charge is -2.39. The quantitative estimate of drug-likeness (QED) is 0.0471. The van der Waals surface area contributed by atoms with Gasteiger partial charge in [0.05, 0.1) is 36.1 Å². The van der Waals surface area contributed by atoms with E-state index in [4.69, 9.17) is 19.5 Å². The van der Waals surface area contributed by atoms with E-state index >= 15 is 0 Å². The van der Waals surface area contributed by atoms with Crippen molar-refractivity contribution in [3.8, 4) is 0 Å². The summed E-state index contributed by atoms with van der Waals surface area (Å²) in [6.45, 7) is 24.0. The molecule has 314 valence electrons. The average Bonchev–Trinajstić information content (AvgIpc) is 3.04. The Balaban J connectivity index is 2.50. The van der Waals surface area contributed by atoms with E-state index in [0.29, 0.717) is 43.4 Å². The summed E-state index contributed by atoms with van der Waals surface area (Å²) in [4.78, 5) is 67.1. The second-order valence-electron chi connectivity index (χ2n) is 17.6. The normalized spacial score (nSPS) is 16.4. The molecule has 3 atom stereocenters. The molecular formula is C42H67N4O9P. The van der Waals surface area contributed by atoms with Crippen molar-refractivity contribution in [1.82, 2.24) is 16.0 Å². The summed E-state index contributed by atoms with van der Waals surface area (Å²) < 4.78 is 31.6. The van der Waals surface area contributed by atoms with Crippen LogP contribution in [0.5, 0.6) is 0 Å². The topological polar surface area (TPSA) is 192 Å². The highest BCUT2D eigenvalue weighted by molar-refractivity contribution is 7.53. The second kappa shape index (κ2) is 20.6. The number of ether oxygens (including phenoxy) is 1. The molecule has 0 aliphatic heterocycles. The summed E-state index contributed by atoms with van der Waals surface area (Å²) in [6.07, 6.45) is 6.44. The van der Waals surface area contributed by atoms with Gasteiger partial charge in [-0.1, -0.05) is 55.7 Å². The van der Waals surface area contributed by atoms with Gasteiger partial charge in [0.25, 0.3) is 0 Å². The number of nitrogens with two attached hydrogens (primary N) is 1. The van der Waals surface area contributed by atoms with Gasteiger partial charge in [-0.25, -0.2) is 0 Å². The molecule has 0 spiro atoms. The molecule has 1 aliphatic carbocycles. The van der Waals surface area contributed by atoms with Crippen LogP contribution in [0.4, 0.5) is 0 Å². The predicted octanol–water partition coefficient (Wildman–Crippen LogP) is 6.89. The van der Waals surface area contributed by atoms with Crippen LogP contribution >= 0.6 is 7.60 Å². The molecule has 13 nitrogen and oxygen atoms in total. The number of amides is 4. The molecule has 2 rings (SSSR count). The van der Waals surface area contributed by atoms with Gasteiger partial charge in [-0.15, -0.1) is 13.2 Å². The van der Waals surface area contributed by atoms with Gasteiger partial charge in [-0.2, -0.15) is 0 Å². The van der Waals surface area contributed by atoms with Gasteiger partial charge in [0, 0.05) is 12.5 Å². The number of primary amides is 1. The second-order valence-corrected chi connectivity index (χ2v) is 19.5. The molecular weight excluding hydrogens is 735 g/mol. The zero-order valence-electron chi connectivity index (χ0n) is 35.1. The van der Waals surface area contributed by atoms with E-state index in [1.54, 1.807) is 57.2 Å². The van der Waals surface area contributed by atoms with Gasteiger partial charge in [0.2, 0.25) is 23.6 Å². The Hall–Kier alpha value is -3.80. The lowest BCUT2D eigenvalue weighted by molar-refractivity contribution is -0.157. The third-order valence-electron chi connectivity index (χ3n) is 8.81. The third-order valence-corrected chi connectivity index (χ3v) is 11.2. The number of hydrogen-bond acceptors (Lipinski definition) is 9. The van der Waals surface area contributed by atoms with Crippen LogP contribution in [-0.2, 0) is 48.5 Å². The molecule has 5 N–H and O–H groups in total. The van der Waals surface area contributed by atoms with Crippen molar-refractivity contribution in [2.45, 2.75) is 161 Å². The molecule has 1 saturated carbocycles. The van der Waals surface area contributed by atoms with Crippen molar-refractivity contribution in [3.05, 3.63) is 60.7 Å². The Morgan fingerprint density at radius 2 is 1.43 bits per heavy atom. The molecule has 0 unspecified atom stereocenters. The van der Waals surface area contributed by atoms with Gasteiger partial charge in [-0.3, -0.25) is 28.5 Å². The number of benzene rings is 1. The van der Waals surface area contributed by atoms with E-state index < -0.39 is 83.8 Å². The molecule has 0 aromatic heterocycles. The van der Waals surface area contributed by atoms with Gasteiger partial charge < -0.3 is 35.5 Å². The summed E-state index contributed by atoms with van der Waals surface area (Å²) in [6, 6.07) is 5.85. The largest absolute Gasteiger partial charge is 0.460 e. The van der Waals surface area contributed by atoms with Crippen LogP contribution in [0.15, 0.2) is 49.6 Å². The zero-order valence-corrected chi connectivity index (χ0v) is 36.0. The minimum absolute atomic E-state index is 0.00360. The Labute approximate surface area is 334 Å². The first-order valence-corrected chi connectivity index (χ1v) is 21.3. The fourth-order valence-electron chi connectivity index (χ4n) is 6.65. The van der Waals surface area contributed by atoms with Crippen LogP contribution < -0.4 is 21.7 Å². The Bertz CT molecular complexity index is 1560. The van der Waals surface area contributed by atoms with Crippen molar-refractivity contribution < 1.29 is 42.3 Å². The monoisotopic (exact) mass is 802 g/mol. The van der Waals surface area contributed by atoms with Gasteiger partial charge >= 0.3 is 13.6 Å². The van der Waals surface area contributed by atoms with Crippen LogP contribution in [0, 0.1) is 5.92 Å². The number of carbonyl (C=O) groups excluding carboxylic acids is 5. The van der Waals surface area contributed by atoms with Crippen molar-refractivity contribution >= 4 is 37.2 Å². The summed E-state index contributed by atoms with van der Waals surface area (Å²) in [5, 5.41) is 8.43. The maximum Gasteiger partial charge on any atom is 0.336 e. The van der Waals surface area contributed by atoms with E-state index in [-0.39, 0.29) is 25.4 Å². The summed E-state index contributed by atoms with van der Waals surface area (Å²) in [5.74, 6) is -4.93. The maximum atomic E-state index is 14.5. The highest BCUT2D eigenvalue weighted by Crippen LogP contribution is 2.57. The first-order chi connectivity index (χ1) is 25.8. The van der Waals surface area contributed by atoms with E-state index in [9.17, 15) is 28.5 Å². The van der Waals surface area contributed by atoms with Gasteiger partial charge in [0.1, 0.15) is 17.2 Å². The number of rotatable bonds is 20. The molecule has 0 heterocycles. The summed E-state index contributed by atoms with van der Waals surface area (Å²) in [7, 11) is -3.61. The average molecular weight is 803 g/mol. The van der Waals surface area contributed by atoms with Crippen LogP contribution in [0.25, 0.3) is 0 Å². The molecule has 1 fully saturated rings. The SMILES string of the molecule is C=CCCCNC(=O)[C@H](CC(N)=O)NC(=O)C1(NC(=O)[C@@H](CC(=O)OC(C)(C)C)[C@H](C=C)c2ccc(CP(=O)(OC(C)(C)C)OC(C)(C)C)cc2)CCCCC1. The zero-order chi connectivity index (χ0) is 42.5. The number of carbonyl (C=O) groups is 5. The van der Waals surface area contributed by atoms with Gasteiger partial charge in [0.15, 0.2) is 0 Å². The molecule has 1 aliphatic rings. The molecule has 0 radical (unpaired) electrons. The van der Waals surface area contributed by atoms with Crippen LogP contribution in [-0.4, -0.2) is 64.5 Å². The molecule has 4 amide bonds. The van der Waals surface area contributed by atoms with E-state index in [1.807, 2.05) is 41.5 Å². The molecule has 0 bridgehead atoms. The highest BCUT2D eigenvalue weighted by Gasteiger charge is 2.45. The molecule has 14 heteroatoms. The van der Waals surface area contributed by atoms with E-state index in [2.05, 4.69) is 29.1 Å². The number of nitrogens with one attached hydrogen (secondary N) is 3. The van der Waals surface area contributed by atoms with E-state index in [0.717, 1.165) is 6.42 Å². The standard InChI is InChI=1S/C42H67N4O9P/c1-12-14-18-25-44-37(50)33(27-34(43)47)45-38(51)42(23-16-15-17-24-42)46-36(49)32(26-35(48)53-39(3,4)5)31(13-2)30-21-19-29(20-22-30)28-56(52,54-40(6,7)8)55-41(9,10)11/h12-13,19-22,31-33H,1-2,14-18,23-28H2,3-11H3,(H2,43,47)(H,44,50)(H,45,51)(H,46,49)/t31-,32+,33+/m1/s1. The van der Waals surface area contributed by atoms with Crippen molar-refractivity contribution in [2.24, 2.45) is 11.7 Å². The number of hydrogen-bond donors (Lipinski definition) is 4. The summed E-state index contributed by atoms with van der Waals surface area (Å²) in [5.41, 5.74) is 3.06. The van der Waals surface area contributed by atoms with Crippen molar-refractivity contribution in [3.63, 3.8) is 0 Å². The molecule has 56 heavy (non-hydrogen) atoms. The lowest BCUT2D eigenvalue weighted by atomic mass is 9.78. The lowest BCUT2D eigenvalue weighted by Crippen LogP contribution is -2.63. The first kappa shape index (κ1) is 48.3. The smallest absolute Gasteiger partial charge is 0.336 e. The molecule has 0 saturated heterocycles. The molecule has 1 aromatic carbocycles. The fourth-order valence-corrected chi connectivity index (χ4v) is 9.14. The maximum absolute atomic E-state index is 14.5. The Morgan fingerprint density at radius 1 is 0.857 bits per heavy atom. The Morgan fingerprint density at radius 3 is 1.91 bits per heavy atom. The van der Waals surface area contributed by atoms with Crippen LogP contribution in [0.3, 0.4) is 0 Å². The minimum atomic E-state index is -3.61.